The summed E-state index contributed by atoms with van der Waals surface area (Å²) >= 11 is 0. The summed E-state index contributed by atoms with van der Waals surface area (Å²) in [4.78, 5) is 0. The first kappa shape index (κ1) is 14.5. The largest absolute Gasteiger partial charge is 0.192 e. The monoisotopic (exact) mass is 242 g/mol. The van der Waals surface area contributed by atoms with Crippen molar-refractivity contribution >= 4 is 0 Å². The van der Waals surface area contributed by atoms with Crippen LogP contribution in [-0.2, 0) is 0 Å². The van der Waals surface area contributed by atoms with Crippen molar-refractivity contribution in [3.8, 4) is 12.1 Å². The van der Waals surface area contributed by atoms with Crippen LogP contribution in [0.4, 0.5) is 0 Å². The van der Waals surface area contributed by atoms with Crippen LogP contribution in [0.5, 0.6) is 0 Å². The van der Waals surface area contributed by atoms with Crippen molar-refractivity contribution in [1.29, 1.82) is 10.5 Å². The molecule has 0 aromatic carbocycles. The zero-order chi connectivity index (χ0) is 13.4. The second kappa shape index (κ2) is 7.02. The van der Waals surface area contributed by atoms with Crippen LogP contribution >= 0.6 is 0 Å². The first-order valence-electron chi connectivity index (χ1n) is 6.78. The van der Waals surface area contributed by atoms with Gasteiger partial charge in [-0.15, -0.1) is 6.58 Å². The average Bonchev–Trinajstić information content (AvgIpc) is 2.34. The van der Waals surface area contributed by atoms with E-state index in [0.717, 1.165) is 37.7 Å². The maximum absolute atomic E-state index is 9.04. The second-order valence-electron chi connectivity index (χ2n) is 5.58. The molecule has 0 radical (unpaired) electrons. The van der Waals surface area contributed by atoms with Gasteiger partial charge in [0.15, 0.2) is 0 Å². The third kappa shape index (κ3) is 4.04. The number of allylic oxidation sites excluding steroid dienone is 3. The minimum absolute atomic E-state index is 0.225. The zero-order valence-corrected chi connectivity index (χ0v) is 11.3. The van der Waals surface area contributed by atoms with Gasteiger partial charge in [0.05, 0.1) is 0 Å². The second-order valence-corrected chi connectivity index (χ2v) is 5.58. The van der Waals surface area contributed by atoms with Crippen molar-refractivity contribution in [2.75, 3.05) is 0 Å². The molecule has 0 heterocycles. The lowest BCUT2D eigenvalue weighted by molar-refractivity contribution is 0.249. The van der Waals surface area contributed by atoms with Crippen LogP contribution in [0.3, 0.4) is 0 Å². The highest BCUT2D eigenvalue weighted by atomic mass is 14.3. The lowest BCUT2D eigenvalue weighted by Crippen LogP contribution is -2.19. The Kier molecular flexibility index (Phi) is 5.66. The third-order valence-corrected chi connectivity index (χ3v) is 3.93. The van der Waals surface area contributed by atoms with E-state index in [1.54, 1.807) is 0 Å². The van der Waals surface area contributed by atoms with E-state index in [0.29, 0.717) is 5.57 Å². The Morgan fingerprint density at radius 2 is 2.06 bits per heavy atom. The van der Waals surface area contributed by atoms with Gasteiger partial charge in [0.1, 0.15) is 17.7 Å². The minimum Gasteiger partial charge on any atom is -0.192 e. The summed E-state index contributed by atoms with van der Waals surface area (Å²) in [6, 6.07) is 4.12. The topological polar surface area (TPSA) is 47.6 Å². The molecule has 0 aromatic heterocycles. The Bertz CT molecular complexity index is 390. The van der Waals surface area contributed by atoms with Gasteiger partial charge >= 0.3 is 0 Å². The van der Waals surface area contributed by atoms with Crippen LogP contribution in [0.25, 0.3) is 0 Å². The molecule has 2 heteroatoms. The molecule has 96 valence electrons. The normalized spacial score (nSPS) is 24.3. The Labute approximate surface area is 111 Å². The molecule has 1 atom stereocenters. The van der Waals surface area contributed by atoms with Crippen molar-refractivity contribution < 1.29 is 0 Å². The first-order valence-corrected chi connectivity index (χ1v) is 6.78. The van der Waals surface area contributed by atoms with Gasteiger partial charge in [-0.05, 0) is 49.5 Å². The standard InChI is InChI=1S/C16H22N2/c1-3-4-9-16(2)10-7-5-6-8-14(11-16)15(12-17)13-18/h3H,1,4-11H2,2H3. The van der Waals surface area contributed by atoms with Gasteiger partial charge in [-0.2, -0.15) is 10.5 Å². The summed E-state index contributed by atoms with van der Waals surface area (Å²) < 4.78 is 0. The van der Waals surface area contributed by atoms with Crippen LogP contribution in [0.15, 0.2) is 23.8 Å². The fourth-order valence-corrected chi connectivity index (χ4v) is 2.82. The highest BCUT2D eigenvalue weighted by Crippen LogP contribution is 2.40. The Morgan fingerprint density at radius 1 is 1.33 bits per heavy atom. The summed E-state index contributed by atoms with van der Waals surface area (Å²) in [6.07, 6.45) is 10.7. The molecule has 0 aromatic rings. The van der Waals surface area contributed by atoms with Gasteiger partial charge in [0, 0.05) is 0 Å². The fraction of sp³-hybridized carbons (Fsp3) is 0.625. The van der Waals surface area contributed by atoms with Gasteiger partial charge in [-0.3, -0.25) is 0 Å². The van der Waals surface area contributed by atoms with Crippen LogP contribution < -0.4 is 0 Å². The van der Waals surface area contributed by atoms with Gasteiger partial charge in [-0.1, -0.05) is 25.8 Å². The molecule has 1 aliphatic carbocycles. The van der Waals surface area contributed by atoms with Crippen molar-refractivity contribution in [3.05, 3.63) is 23.8 Å². The maximum atomic E-state index is 9.04. The van der Waals surface area contributed by atoms with Crippen LogP contribution in [0.2, 0.25) is 0 Å². The van der Waals surface area contributed by atoms with Crippen LogP contribution in [0, 0.1) is 28.1 Å². The van der Waals surface area contributed by atoms with Crippen molar-refractivity contribution in [2.24, 2.45) is 5.41 Å². The molecule has 0 aliphatic heterocycles. The van der Waals surface area contributed by atoms with E-state index in [-0.39, 0.29) is 5.41 Å². The van der Waals surface area contributed by atoms with E-state index in [9.17, 15) is 0 Å². The van der Waals surface area contributed by atoms with Gasteiger partial charge < -0.3 is 0 Å². The molecule has 1 unspecified atom stereocenters. The molecule has 1 saturated carbocycles. The summed E-state index contributed by atoms with van der Waals surface area (Å²) in [5, 5.41) is 18.1. The quantitative estimate of drug-likeness (QED) is 0.534. The molecule has 0 bridgehead atoms. The lowest BCUT2D eigenvalue weighted by Gasteiger charge is -2.32. The summed E-state index contributed by atoms with van der Waals surface area (Å²) in [5.74, 6) is 0. The van der Waals surface area contributed by atoms with E-state index in [4.69, 9.17) is 10.5 Å². The minimum atomic E-state index is 0.225. The molecular formula is C16H22N2. The molecule has 18 heavy (non-hydrogen) atoms. The third-order valence-electron chi connectivity index (χ3n) is 3.93. The molecular weight excluding hydrogens is 220 g/mol. The van der Waals surface area contributed by atoms with E-state index in [1.807, 2.05) is 6.08 Å². The average molecular weight is 242 g/mol. The molecule has 0 spiro atoms. The van der Waals surface area contributed by atoms with E-state index in [1.165, 1.54) is 19.3 Å². The van der Waals surface area contributed by atoms with Gasteiger partial charge in [-0.25, -0.2) is 0 Å². The highest BCUT2D eigenvalue weighted by Gasteiger charge is 2.27. The van der Waals surface area contributed by atoms with Crippen molar-refractivity contribution in [3.63, 3.8) is 0 Å². The number of rotatable bonds is 3. The van der Waals surface area contributed by atoms with Gasteiger partial charge in [0.2, 0.25) is 0 Å². The summed E-state index contributed by atoms with van der Waals surface area (Å²) in [5.41, 5.74) is 1.65. The van der Waals surface area contributed by atoms with E-state index in [2.05, 4.69) is 25.6 Å². The molecule has 2 nitrogen and oxygen atoms in total. The van der Waals surface area contributed by atoms with Gasteiger partial charge in [0.25, 0.3) is 0 Å². The molecule has 1 fully saturated rings. The molecule has 1 aliphatic rings. The van der Waals surface area contributed by atoms with Crippen molar-refractivity contribution in [2.45, 2.75) is 58.3 Å². The maximum Gasteiger partial charge on any atom is 0.128 e. The smallest absolute Gasteiger partial charge is 0.128 e. The summed E-state index contributed by atoms with van der Waals surface area (Å²) in [7, 11) is 0. The molecule has 1 rings (SSSR count). The number of hydrogen-bond acceptors (Lipinski definition) is 2. The predicted molar refractivity (Wildman–Crippen MR) is 73.5 cm³/mol. The van der Waals surface area contributed by atoms with Crippen LogP contribution in [-0.4, -0.2) is 0 Å². The number of nitriles is 2. The number of hydrogen-bond donors (Lipinski definition) is 0. The Balaban J connectivity index is 2.93. The molecule has 0 amide bonds. The SMILES string of the molecule is C=CCCC1(C)CCCCCC(=C(C#N)C#N)C1. The summed E-state index contributed by atoms with van der Waals surface area (Å²) in [6.45, 7) is 6.07. The van der Waals surface area contributed by atoms with Crippen molar-refractivity contribution in [1.82, 2.24) is 0 Å². The molecule has 0 saturated heterocycles. The fourth-order valence-electron chi connectivity index (χ4n) is 2.82. The van der Waals surface area contributed by atoms with E-state index < -0.39 is 0 Å². The Hall–Kier alpha value is -1.54. The number of nitrogens with zero attached hydrogens (tertiary/aromatic N) is 2. The zero-order valence-electron chi connectivity index (χ0n) is 11.3. The molecule has 0 N–H and O–H groups in total. The first-order chi connectivity index (χ1) is 8.65. The van der Waals surface area contributed by atoms with E-state index >= 15 is 0 Å². The van der Waals surface area contributed by atoms with Crippen LogP contribution in [0.1, 0.15) is 58.3 Å². The highest BCUT2D eigenvalue weighted by molar-refractivity contribution is 5.40. The lowest BCUT2D eigenvalue weighted by atomic mass is 9.72. The predicted octanol–water partition coefficient (Wildman–Crippen LogP) is 4.66. The Morgan fingerprint density at radius 3 is 2.67 bits per heavy atom.